The van der Waals surface area contributed by atoms with Crippen LogP contribution in [-0.4, -0.2) is 46.1 Å². The first kappa shape index (κ1) is 26.5. The van der Waals surface area contributed by atoms with Crippen LogP contribution < -0.4 is 5.32 Å². The van der Waals surface area contributed by atoms with Gasteiger partial charge < -0.3 is 19.9 Å². The first-order valence-electron chi connectivity index (χ1n) is 10.9. The van der Waals surface area contributed by atoms with E-state index < -0.39 is 40.9 Å². The Labute approximate surface area is 210 Å². The number of nitrogens with one attached hydrogen (secondary N) is 1. The molecule has 3 aromatic carbocycles. The lowest BCUT2D eigenvalue weighted by Gasteiger charge is -2.23. The minimum atomic E-state index is -2.24. The zero-order chi connectivity index (χ0) is 27.1. The Morgan fingerprint density at radius 3 is 1.81 bits per heavy atom. The summed E-state index contributed by atoms with van der Waals surface area (Å²) in [6.07, 6.45) is -4.38. The monoisotopic (exact) mass is 506 g/mol. The predicted molar refractivity (Wildman–Crippen MR) is 130 cm³/mol. The van der Waals surface area contributed by atoms with Crippen LogP contribution in [0.2, 0.25) is 0 Å². The summed E-state index contributed by atoms with van der Waals surface area (Å²) in [5.74, 6) is -5.03. The van der Waals surface area contributed by atoms with Gasteiger partial charge in [-0.2, -0.15) is 0 Å². The molecule has 0 unspecified atom stereocenters. The number of nitrogens with zero attached hydrogens (tertiary/aromatic N) is 1. The molecule has 0 aromatic heterocycles. The molecule has 1 amide bonds. The third kappa shape index (κ3) is 6.98. The van der Waals surface area contributed by atoms with E-state index in [1.54, 1.807) is 38.1 Å². The van der Waals surface area contributed by atoms with Crippen LogP contribution in [0.3, 0.4) is 0 Å². The van der Waals surface area contributed by atoms with E-state index in [4.69, 9.17) is 9.47 Å². The smallest absolute Gasteiger partial charge is 0.349 e. The van der Waals surface area contributed by atoms with E-state index in [0.717, 1.165) is 6.07 Å². The summed E-state index contributed by atoms with van der Waals surface area (Å²) in [6.45, 7) is 3.43. The third-order valence-electron chi connectivity index (χ3n) is 5.08. The average molecular weight is 506 g/mol. The van der Waals surface area contributed by atoms with E-state index >= 15 is 0 Å². The maximum Gasteiger partial charge on any atom is 0.349 e. The minimum absolute atomic E-state index is 0.0223. The van der Waals surface area contributed by atoms with Gasteiger partial charge in [-0.15, -0.1) is 0 Å². The SMILES string of the molecule is Cc1cccc(C(=O)O[C@H](C(=O)Nc2cccc([N+](=O)[O-])c2)[C@@H](OC(=O)c2cccc(C)c2)C(=O)O)c1. The number of aliphatic carboxylic acids is 1. The number of hydrogen-bond acceptors (Lipinski definition) is 8. The van der Waals surface area contributed by atoms with Crippen LogP contribution in [0.5, 0.6) is 0 Å². The molecular formula is C26H22N2O9. The lowest BCUT2D eigenvalue weighted by atomic mass is 10.1. The highest BCUT2D eigenvalue weighted by atomic mass is 16.6. The lowest BCUT2D eigenvalue weighted by Crippen LogP contribution is -2.48. The summed E-state index contributed by atoms with van der Waals surface area (Å²) in [5, 5.41) is 23.2. The molecule has 2 N–H and O–H groups in total. The fraction of sp³-hybridized carbons (Fsp3) is 0.154. The highest BCUT2D eigenvalue weighted by Crippen LogP contribution is 2.20. The second-order valence-electron chi connectivity index (χ2n) is 8.03. The number of anilines is 1. The van der Waals surface area contributed by atoms with Crippen LogP contribution in [-0.2, 0) is 19.1 Å². The van der Waals surface area contributed by atoms with Crippen molar-refractivity contribution in [2.45, 2.75) is 26.1 Å². The maximum absolute atomic E-state index is 13.1. The number of non-ortho nitro benzene ring substituents is 1. The summed E-state index contributed by atoms with van der Waals surface area (Å²) >= 11 is 0. The Morgan fingerprint density at radius 2 is 1.32 bits per heavy atom. The first-order valence-corrected chi connectivity index (χ1v) is 10.9. The molecule has 0 fully saturated rings. The van der Waals surface area contributed by atoms with Gasteiger partial charge in [-0.05, 0) is 44.2 Å². The first-order chi connectivity index (χ1) is 17.5. The number of benzene rings is 3. The number of nitro groups is 1. The number of nitro benzene ring substituents is 1. The molecule has 11 heteroatoms. The molecule has 3 rings (SSSR count). The standard InChI is InChI=1S/C26H22N2O9/c1-15-6-3-8-17(12-15)25(32)36-21(23(29)27-19-10-5-11-20(14-19)28(34)35)22(24(30)31)37-26(33)18-9-4-7-16(2)13-18/h3-14,21-22H,1-2H3,(H,27,29)(H,30,31)/t21-,22+/m0/s1. The molecule has 2 atom stereocenters. The number of carboxylic acid groups (broad SMARTS) is 1. The molecule has 0 aliphatic rings. The van der Waals surface area contributed by atoms with Crippen molar-refractivity contribution in [2.24, 2.45) is 0 Å². The summed E-state index contributed by atoms with van der Waals surface area (Å²) in [4.78, 5) is 61.1. The Hall–Kier alpha value is -5.06. The van der Waals surface area contributed by atoms with E-state index in [9.17, 15) is 34.4 Å². The van der Waals surface area contributed by atoms with Crippen LogP contribution in [0, 0.1) is 24.0 Å². The highest BCUT2D eigenvalue weighted by molar-refractivity contribution is 6.01. The molecule has 0 radical (unpaired) electrons. The highest BCUT2D eigenvalue weighted by Gasteiger charge is 2.41. The molecule has 0 aliphatic carbocycles. The van der Waals surface area contributed by atoms with Crippen molar-refractivity contribution >= 4 is 35.2 Å². The van der Waals surface area contributed by atoms with Gasteiger partial charge in [-0.1, -0.05) is 41.5 Å². The van der Waals surface area contributed by atoms with Crippen LogP contribution in [0.1, 0.15) is 31.8 Å². The topological polar surface area (TPSA) is 162 Å². The third-order valence-corrected chi connectivity index (χ3v) is 5.08. The average Bonchev–Trinajstić information content (AvgIpc) is 2.85. The Kier molecular flexibility index (Phi) is 8.31. The molecule has 0 spiro atoms. The normalized spacial score (nSPS) is 12.1. The molecule has 11 nitrogen and oxygen atoms in total. The van der Waals surface area contributed by atoms with Gasteiger partial charge >= 0.3 is 17.9 Å². The summed E-state index contributed by atoms with van der Waals surface area (Å²) < 4.78 is 10.4. The molecule has 0 aliphatic heterocycles. The van der Waals surface area contributed by atoms with Crippen LogP contribution in [0.4, 0.5) is 11.4 Å². The summed E-state index contributed by atoms with van der Waals surface area (Å²) in [5.41, 5.74) is 1.05. The van der Waals surface area contributed by atoms with Crippen molar-refractivity contribution in [3.8, 4) is 0 Å². The molecule has 37 heavy (non-hydrogen) atoms. The van der Waals surface area contributed by atoms with Crippen molar-refractivity contribution in [1.29, 1.82) is 0 Å². The van der Waals surface area contributed by atoms with Crippen LogP contribution in [0.15, 0.2) is 72.8 Å². The summed E-state index contributed by atoms with van der Waals surface area (Å²) in [6, 6.07) is 17.1. The number of esters is 2. The molecule has 0 saturated carbocycles. The fourth-order valence-corrected chi connectivity index (χ4v) is 3.32. The van der Waals surface area contributed by atoms with Gasteiger partial charge in [0.1, 0.15) is 0 Å². The summed E-state index contributed by atoms with van der Waals surface area (Å²) in [7, 11) is 0. The number of carbonyl (C=O) groups is 4. The van der Waals surface area contributed by atoms with Crippen molar-refractivity contribution < 1.29 is 38.7 Å². The Morgan fingerprint density at radius 1 is 0.811 bits per heavy atom. The van der Waals surface area contributed by atoms with Gasteiger partial charge in [0.05, 0.1) is 16.1 Å². The van der Waals surface area contributed by atoms with Crippen LogP contribution >= 0.6 is 0 Å². The second-order valence-corrected chi connectivity index (χ2v) is 8.03. The van der Waals surface area contributed by atoms with Crippen molar-refractivity contribution in [3.63, 3.8) is 0 Å². The van der Waals surface area contributed by atoms with Gasteiger partial charge in [0.2, 0.25) is 12.2 Å². The Balaban J connectivity index is 1.94. The number of ether oxygens (including phenoxy) is 2. The number of carbonyl (C=O) groups excluding carboxylic acids is 3. The van der Waals surface area contributed by atoms with E-state index in [2.05, 4.69) is 5.32 Å². The van der Waals surface area contributed by atoms with E-state index in [-0.39, 0.29) is 22.5 Å². The van der Waals surface area contributed by atoms with Gasteiger partial charge in [0.25, 0.3) is 11.6 Å². The fourth-order valence-electron chi connectivity index (χ4n) is 3.32. The van der Waals surface area contributed by atoms with E-state index in [1.165, 1.54) is 42.5 Å². The van der Waals surface area contributed by atoms with Crippen LogP contribution in [0.25, 0.3) is 0 Å². The minimum Gasteiger partial charge on any atom is -0.478 e. The molecule has 190 valence electrons. The number of amides is 1. The maximum atomic E-state index is 13.1. The zero-order valence-electron chi connectivity index (χ0n) is 19.7. The second kappa shape index (κ2) is 11.6. The van der Waals surface area contributed by atoms with Crippen molar-refractivity contribution in [1.82, 2.24) is 0 Å². The van der Waals surface area contributed by atoms with Gasteiger partial charge in [-0.25, -0.2) is 14.4 Å². The van der Waals surface area contributed by atoms with E-state index in [1.807, 2.05) is 0 Å². The number of aryl methyl sites for hydroxylation is 2. The molecule has 0 saturated heterocycles. The van der Waals surface area contributed by atoms with Crippen molar-refractivity contribution in [3.05, 3.63) is 105 Å². The zero-order valence-corrected chi connectivity index (χ0v) is 19.7. The largest absolute Gasteiger partial charge is 0.478 e. The van der Waals surface area contributed by atoms with Gasteiger partial charge in [-0.3, -0.25) is 14.9 Å². The molecular weight excluding hydrogens is 484 g/mol. The molecule has 3 aromatic rings. The number of rotatable bonds is 9. The Bertz CT molecular complexity index is 1370. The molecule has 0 heterocycles. The quantitative estimate of drug-likeness (QED) is 0.250. The lowest BCUT2D eigenvalue weighted by molar-refractivity contribution is -0.384. The van der Waals surface area contributed by atoms with Gasteiger partial charge in [0, 0.05) is 17.8 Å². The number of carboxylic acids is 1. The number of hydrogen-bond donors (Lipinski definition) is 2. The predicted octanol–water partition coefficient (Wildman–Crippen LogP) is 3.69. The van der Waals surface area contributed by atoms with Gasteiger partial charge in [0.15, 0.2) is 0 Å². The van der Waals surface area contributed by atoms with E-state index in [0.29, 0.717) is 11.1 Å². The van der Waals surface area contributed by atoms with Crippen molar-refractivity contribution in [2.75, 3.05) is 5.32 Å². The molecule has 0 bridgehead atoms.